The highest BCUT2D eigenvalue weighted by Gasteiger charge is 2.14. The van der Waals surface area contributed by atoms with E-state index < -0.39 is 27.9 Å². The Morgan fingerprint density at radius 1 is 1.15 bits per heavy atom. The number of urea groups is 1. The Kier molecular flexibility index (Phi) is 7.77. The SMILES string of the molecule is CC(CC(=O)O)CC(=O)NC(=O)NCCNS(C)(=O)=O. The Hall–Kier alpha value is -1.68. The van der Waals surface area contributed by atoms with Crippen molar-refractivity contribution in [2.75, 3.05) is 19.3 Å². The second kappa shape index (κ2) is 8.48. The largest absolute Gasteiger partial charge is 0.481 e. The summed E-state index contributed by atoms with van der Waals surface area (Å²) in [5, 5.41) is 12.8. The van der Waals surface area contributed by atoms with Gasteiger partial charge in [0.2, 0.25) is 15.9 Å². The van der Waals surface area contributed by atoms with Crippen LogP contribution in [0.5, 0.6) is 0 Å². The van der Waals surface area contributed by atoms with Crippen LogP contribution in [0, 0.1) is 5.92 Å². The zero-order chi connectivity index (χ0) is 15.8. The van der Waals surface area contributed by atoms with E-state index in [1.54, 1.807) is 6.92 Å². The van der Waals surface area contributed by atoms with Crippen molar-refractivity contribution in [1.29, 1.82) is 0 Å². The van der Waals surface area contributed by atoms with Crippen LogP contribution in [0.3, 0.4) is 0 Å². The summed E-state index contributed by atoms with van der Waals surface area (Å²) in [6, 6.07) is -0.757. The average molecular weight is 309 g/mol. The summed E-state index contributed by atoms with van der Waals surface area (Å²) in [5.74, 6) is -1.99. The van der Waals surface area contributed by atoms with Gasteiger partial charge in [-0.2, -0.15) is 0 Å². The quantitative estimate of drug-likeness (QED) is 0.418. The highest BCUT2D eigenvalue weighted by Crippen LogP contribution is 2.06. The Labute approximate surface area is 117 Å². The Bertz CT molecular complexity index is 462. The van der Waals surface area contributed by atoms with Crippen LogP contribution in [0.4, 0.5) is 4.79 Å². The van der Waals surface area contributed by atoms with Crippen molar-refractivity contribution in [3.05, 3.63) is 0 Å². The molecule has 116 valence electrons. The van der Waals surface area contributed by atoms with E-state index in [1.165, 1.54) is 0 Å². The Morgan fingerprint density at radius 3 is 2.25 bits per heavy atom. The number of nitrogens with one attached hydrogen (secondary N) is 3. The molecule has 0 saturated carbocycles. The molecule has 0 aliphatic heterocycles. The highest BCUT2D eigenvalue weighted by atomic mass is 32.2. The Morgan fingerprint density at radius 2 is 1.75 bits per heavy atom. The van der Waals surface area contributed by atoms with Gasteiger partial charge in [-0.15, -0.1) is 0 Å². The number of hydrogen-bond donors (Lipinski definition) is 4. The van der Waals surface area contributed by atoms with Crippen LogP contribution in [0.25, 0.3) is 0 Å². The molecular formula is C10H19N3O6S. The summed E-state index contributed by atoms with van der Waals surface area (Å²) in [7, 11) is -3.32. The number of rotatable bonds is 8. The van der Waals surface area contributed by atoms with E-state index in [1.807, 2.05) is 5.32 Å². The third kappa shape index (κ3) is 11.4. The number of carboxylic acid groups (broad SMARTS) is 1. The molecule has 20 heavy (non-hydrogen) atoms. The average Bonchev–Trinajstić information content (AvgIpc) is 2.21. The van der Waals surface area contributed by atoms with Crippen molar-refractivity contribution < 1.29 is 27.9 Å². The zero-order valence-electron chi connectivity index (χ0n) is 11.3. The van der Waals surface area contributed by atoms with Gasteiger partial charge >= 0.3 is 12.0 Å². The van der Waals surface area contributed by atoms with E-state index in [9.17, 15) is 22.8 Å². The van der Waals surface area contributed by atoms with Crippen molar-refractivity contribution in [2.45, 2.75) is 19.8 Å². The lowest BCUT2D eigenvalue weighted by atomic mass is 10.0. The number of hydrogen-bond acceptors (Lipinski definition) is 5. The van der Waals surface area contributed by atoms with Gasteiger partial charge in [0.15, 0.2) is 0 Å². The van der Waals surface area contributed by atoms with Gasteiger partial charge in [-0.05, 0) is 5.92 Å². The van der Waals surface area contributed by atoms with Crippen molar-refractivity contribution in [3.8, 4) is 0 Å². The van der Waals surface area contributed by atoms with Gasteiger partial charge in [-0.1, -0.05) is 6.92 Å². The smallest absolute Gasteiger partial charge is 0.321 e. The fraction of sp³-hybridized carbons (Fsp3) is 0.700. The molecule has 10 heteroatoms. The molecule has 9 nitrogen and oxygen atoms in total. The number of carbonyl (C=O) groups is 3. The predicted molar refractivity (Wildman–Crippen MR) is 70.4 cm³/mol. The van der Waals surface area contributed by atoms with E-state index in [0.29, 0.717) is 0 Å². The lowest BCUT2D eigenvalue weighted by Gasteiger charge is -2.09. The van der Waals surface area contributed by atoms with Gasteiger partial charge in [0, 0.05) is 25.9 Å². The standard InChI is InChI=1S/C10H19N3O6S/c1-7(6-9(15)16)5-8(14)13-10(17)11-3-4-12-20(2,18)19/h7,12H,3-6H2,1-2H3,(H,15,16)(H2,11,13,14,17). The number of amides is 3. The molecular weight excluding hydrogens is 290 g/mol. The third-order valence-corrected chi connectivity index (χ3v) is 2.81. The summed E-state index contributed by atoms with van der Waals surface area (Å²) in [6.45, 7) is 1.62. The molecule has 0 aromatic heterocycles. The van der Waals surface area contributed by atoms with Crippen LogP contribution in [0.15, 0.2) is 0 Å². The normalized spacial score (nSPS) is 12.5. The molecule has 0 bridgehead atoms. The second-order valence-corrected chi connectivity index (χ2v) is 6.21. The van der Waals surface area contributed by atoms with E-state index in [2.05, 4.69) is 10.0 Å². The lowest BCUT2D eigenvalue weighted by molar-refractivity contribution is -0.138. The molecule has 4 N–H and O–H groups in total. The number of carboxylic acids is 1. The van der Waals surface area contributed by atoms with E-state index in [-0.39, 0.29) is 31.8 Å². The van der Waals surface area contributed by atoms with Crippen LogP contribution in [-0.4, -0.2) is 50.8 Å². The summed E-state index contributed by atoms with van der Waals surface area (Å²) < 4.78 is 23.6. The van der Waals surface area contributed by atoms with Crippen molar-refractivity contribution in [3.63, 3.8) is 0 Å². The zero-order valence-corrected chi connectivity index (χ0v) is 12.1. The fourth-order valence-electron chi connectivity index (χ4n) is 1.32. The van der Waals surface area contributed by atoms with Gasteiger partial charge in [-0.25, -0.2) is 17.9 Å². The Balaban J connectivity index is 3.85. The van der Waals surface area contributed by atoms with E-state index in [4.69, 9.17) is 5.11 Å². The van der Waals surface area contributed by atoms with Gasteiger partial charge in [-0.3, -0.25) is 14.9 Å². The van der Waals surface area contributed by atoms with Crippen LogP contribution >= 0.6 is 0 Å². The molecule has 1 unspecified atom stereocenters. The molecule has 0 rings (SSSR count). The molecule has 1 atom stereocenters. The molecule has 0 spiro atoms. The first-order valence-electron chi connectivity index (χ1n) is 5.84. The van der Waals surface area contributed by atoms with Gasteiger partial charge in [0.25, 0.3) is 0 Å². The lowest BCUT2D eigenvalue weighted by Crippen LogP contribution is -2.43. The first-order valence-corrected chi connectivity index (χ1v) is 7.73. The van der Waals surface area contributed by atoms with Crippen molar-refractivity contribution in [2.24, 2.45) is 5.92 Å². The molecule has 0 saturated heterocycles. The summed E-state index contributed by atoms with van der Waals surface area (Å²) in [6.07, 6.45) is 0.745. The minimum Gasteiger partial charge on any atom is -0.481 e. The maximum absolute atomic E-state index is 11.4. The van der Waals surface area contributed by atoms with Gasteiger partial charge < -0.3 is 10.4 Å². The minimum atomic E-state index is -3.32. The summed E-state index contributed by atoms with van der Waals surface area (Å²) in [5.41, 5.74) is 0. The van der Waals surface area contributed by atoms with E-state index >= 15 is 0 Å². The van der Waals surface area contributed by atoms with Crippen LogP contribution in [-0.2, 0) is 19.6 Å². The molecule has 0 heterocycles. The van der Waals surface area contributed by atoms with Crippen LogP contribution in [0.2, 0.25) is 0 Å². The van der Waals surface area contributed by atoms with Crippen LogP contribution in [0.1, 0.15) is 19.8 Å². The van der Waals surface area contributed by atoms with Gasteiger partial charge in [0.05, 0.1) is 6.26 Å². The number of imide groups is 1. The maximum Gasteiger partial charge on any atom is 0.321 e. The monoisotopic (exact) mass is 309 g/mol. The fourth-order valence-corrected chi connectivity index (χ4v) is 1.79. The topological polar surface area (TPSA) is 142 Å². The molecule has 0 aromatic carbocycles. The van der Waals surface area contributed by atoms with E-state index in [0.717, 1.165) is 6.26 Å². The van der Waals surface area contributed by atoms with Gasteiger partial charge in [0.1, 0.15) is 0 Å². The van der Waals surface area contributed by atoms with Crippen molar-refractivity contribution in [1.82, 2.24) is 15.4 Å². The summed E-state index contributed by atoms with van der Waals surface area (Å²) in [4.78, 5) is 33.0. The molecule has 0 fully saturated rings. The van der Waals surface area contributed by atoms with Crippen molar-refractivity contribution >= 4 is 27.9 Å². The maximum atomic E-state index is 11.4. The van der Waals surface area contributed by atoms with Crippen LogP contribution < -0.4 is 15.4 Å². The first-order chi connectivity index (χ1) is 9.10. The predicted octanol–water partition coefficient (Wildman–Crippen LogP) is -1.14. The molecule has 0 aliphatic carbocycles. The number of aliphatic carboxylic acids is 1. The molecule has 0 aliphatic rings. The number of carbonyl (C=O) groups excluding carboxylic acids is 2. The molecule has 3 amide bonds. The molecule has 0 radical (unpaired) electrons. The third-order valence-electron chi connectivity index (χ3n) is 2.08. The molecule has 0 aromatic rings. The minimum absolute atomic E-state index is 0.00978. The highest BCUT2D eigenvalue weighted by molar-refractivity contribution is 7.88. The number of sulfonamides is 1. The second-order valence-electron chi connectivity index (χ2n) is 4.38. The first kappa shape index (κ1) is 18.3. The summed E-state index contributed by atoms with van der Waals surface area (Å²) >= 11 is 0.